The highest BCUT2D eigenvalue weighted by molar-refractivity contribution is 5.34. The maximum Gasteiger partial charge on any atom is 0.0543 e. The molecule has 0 aromatic carbocycles. The van der Waals surface area contributed by atoms with Crippen LogP contribution < -0.4 is 0 Å². The number of allylic oxidation sites excluding steroid dienone is 2. The van der Waals surface area contributed by atoms with Gasteiger partial charge in [0.05, 0.1) is 6.10 Å². The zero-order valence-corrected chi connectivity index (χ0v) is 19.4. The molecule has 0 bridgehead atoms. The molecular weight excluding hydrogens is 340 g/mol. The summed E-state index contributed by atoms with van der Waals surface area (Å²) in [5.41, 5.74) is 4.77. The van der Waals surface area contributed by atoms with Crippen molar-refractivity contribution in [2.45, 2.75) is 118 Å². The molecule has 160 valence electrons. The first-order chi connectivity index (χ1) is 13.3. The molecule has 0 aromatic rings. The summed E-state index contributed by atoms with van der Waals surface area (Å²) in [4.78, 5) is 0. The smallest absolute Gasteiger partial charge is 0.0543 e. The molecule has 28 heavy (non-hydrogen) atoms. The third kappa shape index (κ3) is 3.42. The van der Waals surface area contributed by atoms with Crippen molar-refractivity contribution in [2.75, 3.05) is 0 Å². The van der Waals surface area contributed by atoms with E-state index in [1.165, 1.54) is 64.2 Å². The average molecular weight is 387 g/mol. The van der Waals surface area contributed by atoms with E-state index in [0.717, 1.165) is 42.4 Å². The Balaban J connectivity index is 1.52. The van der Waals surface area contributed by atoms with E-state index in [0.29, 0.717) is 10.8 Å². The number of hydrogen-bond acceptors (Lipinski definition) is 1. The molecule has 4 aliphatic rings. The molecule has 4 aliphatic carbocycles. The van der Waals surface area contributed by atoms with E-state index in [1.807, 2.05) is 11.1 Å². The molecule has 1 N–H and O–H groups in total. The minimum Gasteiger partial charge on any atom is -0.393 e. The van der Waals surface area contributed by atoms with Gasteiger partial charge in [-0.25, -0.2) is 0 Å². The van der Waals surface area contributed by atoms with E-state index in [1.54, 1.807) is 0 Å². The summed E-state index contributed by atoms with van der Waals surface area (Å²) in [6.07, 6.45) is 16.0. The zero-order chi connectivity index (χ0) is 20.1. The van der Waals surface area contributed by atoms with Gasteiger partial charge in [0.1, 0.15) is 0 Å². The Morgan fingerprint density at radius 1 is 0.964 bits per heavy atom. The summed E-state index contributed by atoms with van der Waals surface area (Å²) in [6.45, 7) is 12.6. The lowest BCUT2D eigenvalue weighted by atomic mass is 9.50. The molecule has 0 heterocycles. The van der Waals surface area contributed by atoms with Crippen LogP contribution in [-0.2, 0) is 0 Å². The Kier molecular flexibility index (Phi) is 5.80. The molecule has 2 fully saturated rings. The third-order valence-electron chi connectivity index (χ3n) is 10.2. The number of aliphatic hydroxyl groups excluding tert-OH is 1. The topological polar surface area (TPSA) is 20.2 Å². The van der Waals surface area contributed by atoms with Crippen LogP contribution in [0.15, 0.2) is 11.1 Å². The first kappa shape index (κ1) is 21.0. The van der Waals surface area contributed by atoms with E-state index in [9.17, 15) is 5.11 Å². The summed E-state index contributed by atoms with van der Waals surface area (Å²) in [7, 11) is 0. The fourth-order valence-electron chi connectivity index (χ4n) is 8.46. The minimum absolute atomic E-state index is 0.0309. The highest BCUT2D eigenvalue weighted by atomic mass is 16.3. The van der Waals surface area contributed by atoms with Crippen LogP contribution in [0, 0.1) is 40.4 Å². The zero-order valence-electron chi connectivity index (χ0n) is 19.4. The van der Waals surface area contributed by atoms with Crippen LogP contribution in [0.25, 0.3) is 0 Å². The minimum atomic E-state index is -0.0309. The molecule has 2 saturated carbocycles. The predicted octanol–water partition coefficient (Wildman–Crippen LogP) is 7.53. The number of rotatable bonds is 5. The lowest BCUT2D eigenvalue weighted by Crippen LogP contribution is -2.45. The Morgan fingerprint density at radius 2 is 1.75 bits per heavy atom. The van der Waals surface area contributed by atoms with Gasteiger partial charge in [0.15, 0.2) is 0 Å². The highest BCUT2D eigenvalue weighted by Gasteiger charge is 2.55. The van der Waals surface area contributed by atoms with Gasteiger partial charge < -0.3 is 5.11 Å². The quantitative estimate of drug-likeness (QED) is 0.484. The van der Waals surface area contributed by atoms with E-state index < -0.39 is 0 Å². The summed E-state index contributed by atoms with van der Waals surface area (Å²) in [5, 5.41) is 10.2. The normalized spacial score (nSPS) is 44.2. The molecule has 0 radical (unpaired) electrons. The monoisotopic (exact) mass is 386 g/mol. The number of aliphatic hydroxyl groups is 1. The number of fused-ring (bicyclic) bond motifs is 4. The summed E-state index contributed by atoms with van der Waals surface area (Å²) < 4.78 is 0. The van der Waals surface area contributed by atoms with Crippen molar-refractivity contribution in [3.8, 4) is 0 Å². The van der Waals surface area contributed by atoms with Crippen LogP contribution in [0.2, 0.25) is 0 Å². The second kappa shape index (κ2) is 7.75. The maximum atomic E-state index is 10.2. The first-order valence-corrected chi connectivity index (χ1v) is 12.7. The van der Waals surface area contributed by atoms with Crippen molar-refractivity contribution in [1.29, 1.82) is 0 Å². The van der Waals surface area contributed by atoms with Gasteiger partial charge >= 0.3 is 0 Å². The largest absolute Gasteiger partial charge is 0.393 e. The molecule has 1 heteroatoms. The van der Waals surface area contributed by atoms with Gasteiger partial charge in [0, 0.05) is 0 Å². The van der Waals surface area contributed by atoms with Crippen molar-refractivity contribution >= 4 is 0 Å². The Hall–Kier alpha value is -0.300. The van der Waals surface area contributed by atoms with Gasteiger partial charge in [-0.15, -0.1) is 0 Å². The van der Waals surface area contributed by atoms with Crippen molar-refractivity contribution in [2.24, 2.45) is 40.4 Å². The molecule has 0 unspecified atom stereocenters. The molecule has 4 rings (SSSR count). The van der Waals surface area contributed by atoms with Crippen molar-refractivity contribution < 1.29 is 5.11 Å². The molecule has 0 aliphatic heterocycles. The Bertz CT molecular complexity index is 603. The molecular formula is C27H46O. The van der Waals surface area contributed by atoms with Crippen molar-refractivity contribution in [3.05, 3.63) is 11.1 Å². The second-order valence-corrected chi connectivity index (χ2v) is 12.1. The predicted molar refractivity (Wildman–Crippen MR) is 119 cm³/mol. The van der Waals surface area contributed by atoms with E-state index in [4.69, 9.17) is 0 Å². The van der Waals surface area contributed by atoms with Crippen molar-refractivity contribution in [1.82, 2.24) is 0 Å². The first-order valence-electron chi connectivity index (χ1n) is 12.7. The second-order valence-electron chi connectivity index (χ2n) is 12.1. The van der Waals surface area contributed by atoms with Crippen LogP contribution >= 0.6 is 0 Å². The lowest BCUT2D eigenvalue weighted by molar-refractivity contribution is 0.0132. The fraction of sp³-hybridized carbons (Fsp3) is 0.926. The molecule has 7 atom stereocenters. The molecule has 1 nitrogen and oxygen atoms in total. The molecule has 0 saturated heterocycles. The highest BCUT2D eigenvalue weighted by Crippen LogP contribution is 2.66. The Morgan fingerprint density at radius 3 is 2.50 bits per heavy atom. The summed E-state index contributed by atoms with van der Waals surface area (Å²) in [6, 6.07) is 0. The Labute approximate surface area is 174 Å². The van der Waals surface area contributed by atoms with Crippen LogP contribution in [0.5, 0.6) is 0 Å². The van der Waals surface area contributed by atoms with E-state index >= 15 is 0 Å². The van der Waals surface area contributed by atoms with Gasteiger partial charge in [-0.2, -0.15) is 0 Å². The standard InChI is InChI=1S/C27H46O/c1-18(2)7-6-8-19(3)23-11-12-24-22-10-9-20-17-21(28)13-15-26(20,4)25(22)14-16-27(23,24)5/h18-21,23-24,28H,6-17H2,1-5H3/t19-,20+,21+,23-,24+,26+,27-/m1/s1. The van der Waals surface area contributed by atoms with E-state index in [-0.39, 0.29) is 6.10 Å². The average Bonchev–Trinajstić information content (AvgIpc) is 2.99. The maximum absolute atomic E-state index is 10.2. The summed E-state index contributed by atoms with van der Waals surface area (Å²) in [5.74, 6) is 4.31. The van der Waals surface area contributed by atoms with Crippen LogP contribution in [0.4, 0.5) is 0 Å². The molecule has 0 amide bonds. The third-order valence-corrected chi connectivity index (χ3v) is 10.2. The van der Waals surface area contributed by atoms with Crippen molar-refractivity contribution in [3.63, 3.8) is 0 Å². The lowest BCUT2D eigenvalue weighted by Gasteiger charge is -2.55. The fourth-order valence-corrected chi connectivity index (χ4v) is 8.46. The van der Waals surface area contributed by atoms with E-state index in [2.05, 4.69) is 34.6 Å². The molecule has 0 spiro atoms. The SMILES string of the molecule is CC(C)CCC[C@@H](C)[C@H]1CC[C@H]2C3=C(CC[C@]12C)[C@@]1(C)CC[C@H](O)C[C@@H]1CC3. The van der Waals surface area contributed by atoms with Crippen LogP contribution in [-0.4, -0.2) is 11.2 Å². The molecule has 0 aromatic heterocycles. The van der Waals surface area contributed by atoms with Crippen LogP contribution in [0.3, 0.4) is 0 Å². The van der Waals surface area contributed by atoms with Gasteiger partial charge in [-0.3, -0.25) is 0 Å². The summed E-state index contributed by atoms with van der Waals surface area (Å²) >= 11 is 0. The van der Waals surface area contributed by atoms with Gasteiger partial charge in [-0.05, 0) is 98.2 Å². The van der Waals surface area contributed by atoms with Gasteiger partial charge in [0.2, 0.25) is 0 Å². The van der Waals surface area contributed by atoms with Gasteiger partial charge in [-0.1, -0.05) is 65.0 Å². The van der Waals surface area contributed by atoms with Crippen LogP contribution in [0.1, 0.15) is 112 Å². The number of hydrogen-bond donors (Lipinski definition) is 1. The van der Waals surface area contributed by atoms with Gasteiger partial charge in [0.25, 0.3) is 0 Å².